The van der Waals surface area contributed by atoms with Gasteiger partial charge in [-0.15, -0.1) is 0 Å². The van der Waals surface area contributed by atoms with Gasteiger partial charge in [-0.25, -0.2) is 0 Å². The van der Waals surface area contributed by atoms with E-state index >= 15 is 0 Å². The van der Waals surface area contributed by atoms with Crippen molar-refractivity contribution in [2.45, 2.75) is 18.2 Å². The second-order valence-corrected chi connectivity index (χ2v) is 6.97. The zero-order chi connectivity index (χ0) is 19.3. The Morgan fingerprint density at radius 3 is 2.48 bits per heavy atom. The van der Waals surface area contributed by atoms with E-state index in [0.29, 0.717) is 30.3 Å². The third-order valence-corrected chi connectivity index (χ3v) is 5.56. The van der Waals surface area contributed by atoms with E-state index in [1.807, 2.05) is 6.08 Å². The lowest BCUT2D eigenvalue weighted by atomic mass is 9.77. The average Bonchev–Trinajstić information content (AvgIpc) is 3.29. The number of likely N-dealkylation sites (tertiary alicyclic amines) is 1. The standard InChI is InChI=1S/C19H21NO7/c1-24-12-6-10(7-13(25-2)16(12)26-3)8-20-9-19-5-4-11(27-19)14(18(22)23)15(19)17(20)21/h4-7,11,14-15H,8-9H2,1-3H3,(H,22,23). The van der Waals surface area contributed by atoms with Crippen molar-refractivity contribution >= 4 is 11.9 Å². The summed E-state index contributed by atoms with van der Waals surface area (Å²) in [6.45, 7) is 0.617. The fourth-order valence-electron chi connectivity index (χ4n) is 4.44. The molecular weight excluding hydrogens is 354 g/mol. The maximum Gasteiger partial charge on any atom is 0.310 e. The first-order chi connectivity index (χ1) is 12.9. The van der Waals surface area contributed by atoms with Gasteiger partial charge in [-0.05, 0) is 17.7 Å². The lowest BCUT2D eigenvalue weighted by Gasteiger charge is -2.22. The smallest absolute Gasteiger partial charge is 0.310 e. The normalized spacial score (nSPS) is 30.6. The summed E-state index contributed by atoms with van der Waals surface area (Å²) in [4.78, 5) is 26.3. The van der Waals surface area contributed by atoms with Crippen LogP contribution in [-0.4, -0.2) is 61.5 Å². The van der Waals surface area contributed by atoms with E-state index < -0.39 is 29.5 Å². The number of carbonyl (C=O) groups is 2. The number of carbonyl (C=O) groups excluding carboxylic acids is 1. The summed E-state index contributed by atoms with van der Waals surface area (Å²) in [5, 5.41) is 9.54. The second kappa shape index (κ2) is 6.16. The fourth-order valence-corrected chi connectivity index (χ4v) is 4.44. The van der Waals surface area contributed by atoms with Crippen molar-refractivity contribution in [3.05, 3.63) is 29.8 Å². The molecule has 2 saturated heterocycles. The quantitative estimate of drug-likeness (QED) is 0.744. The summed E-state index contributed by atoms with van der Waals surface area (Å²) in [7, 11) is 4.58. The maximum absolute atomic E-state index is 13.0. The van der Waals surface area contributed by atoms with Crippen LogP contribution in [0, 0.1) is 11.8 Å². The van der Waals surface area contributed by atoms with Gasteiger partial charge in [0.25, 0.3) is 0 Å². The highest BCUT2D eigenvalue weighted by Crippen LogP contribution is 2.52. The minimum atomic E-state index is -1.00. The van der Waals surface area contributed by atoms with Crippen LogP contribution < -0.4 is 14.2 Å². The zero-order valence-electron chi connectivity index (χ0n) is 15.3. The maximum atomic E-state index is 13.0. The molecule has 2 fully saturated rings. The number of hydrogen-bond acceptors (Lipinski definition) is 6. The predicted octanol–water partition coefficient (Wildman–Crippen LogP) is 1.08. The van der Waals surface area contributed by atoms with Crippen LogP contribution in [-0.2, 0) is 20.9 Å². The molecular formula is C19H21NO7. The predicted molar refractivity (Wildman–Crippen MR) is 92.9 cm³/mol. The van der Waals surface area contributed by atoms with Crippen molar-refractivity contribution in [3.8, 4) is 17.2 Å². The van der Waals surface area contributed by atoms with E-state index in [-0.39, 0.29) is 5.91 Å². The highest BCUT2D eigenvalue weighted by molar-refractivity contribution is 5.90. The molecule has 8 heteroatoms. The number of rotatable bonds is 6. The Morgan fingerprint density at radius 1 is 1.26 bits per heavy atom. The molecule has 4 rings (SSSR count). The van der Waals surface area contributed by atoms with E-state index in [2.05, 4.69) is 0 Å². The minimum Gasteiger partial charge on any atom is -0.493 e. The number of ether oxygens (including phenoxy) is 4. The molecule has 0 radical (unpaired) electrons. The third kappa shape index (κ3) is 2.47. The number of aliphatic carboxylic acids is 1. The molecule has 0 aliphatic carbocycles. The largest absolute Gasteiger partial charge is 0.493 e. The Morgan fingerprint density at radius 2 is 1.93 bits per heavy atom. The molecule has 1 aromatic carbocycles. The summed E-state index contributed by atoms with van der Waals surface area (Å²) < 4.78 is 21.9. The molecule has 3 aliphatic rings. The highest BCUT2D eigenvalue weighted by Gasteiger charge is 2.66. The van der Waals surface area contributed by atoms with Crippen LogP contribution in [0.1, 0.15) is 5.56 Å². The SMILES string of the molecule is COc1cc(CN2CC34C=CC(O3)C(C(=O)O)C4C2=O)cc(OC)c1OC. The molecule has 27 heavy (non-hydrogen) atoms. The minimum absolute atomic E-state index is 0.206. The molecule has 144 valence electrons. The van der Waals surface area contributed by atoms with E-state index in [9.17, 15) is 14.7 Å². The van der Waals surface area contributed by atoms with Crippen molar-refractivity contribution < 1.29 is 33.6 Å². The van der Waals surface area contributed by atoms with Crippen molar-refractivity contribution in [2.24, 2.45) is 11.8 Å². The van der Waals surface area contributed by atoms with Crippen molar-refractivity contribution in [1.29, 1.82) is 0 Å². The van der Waals surface area contributed by atoms with Crippen LogP contribution in [0.4, 0.5) is 0 Å². The Bertz CT molecular complexity index is 810. The average molecular weight is 375 g/mol. The van der Waals surface area contributed by atoms with E-state index in [1.165, 1.54) is 21.3 Å². The highest BCUT2D eigenvalue weighted by atomic mass is 16.5. The van der Waals surface area contributed by atoms with Gasteiger partial charge in [0, 0.05) is 6.54 Å². The lowest BCUT2D eigenvalue weighted by Crippen LogP contribution is -2.39. The van der Waals surface area contributed by atoms with Gasteiger partial charge in [-0.2, -0.15) is 0 Å². The Hall–Kier alpha value is -2.74. The van der Waals surface area contributed by atoms with Crippen LogP contribution in [0.25, 0.3) is 0 Å². The molecule has 0 aromatic heterocycles. The van der Waals surface area contributed by atoms with Gasteiger partial charge in [0.2, 0.25) is 11.7 Å². The number of nitrogens with zero attached hydrogens (tertiary/aromatic N) is 1. The third-order valence-electron chi connectivity index (χ3n) is 5.56. The van der Waals surface area contributed by atoms with Gasteiger partial charge < -0.3 is 29.0 Å². The molecule has 1 spiro atoms. The molecule has 0 saturated carbocycles. The molecule has 4 unspecified atom stereocenters. The number of amides is 1. The topological polar surface area (TPSA) is 94.5 Å². The monoisotopic (exact) mass is 375 g/mol. The summed E-state index contributed by atoms with van der Waals surface area (Å²) in [6, 6.07) is 3.56. The van der Waals surface area contributed by atoms with Crippen molar-refractivity contribution in [2.75, 3.05) is 27.9 Å². The van der Waals surface area contributed by atoms with Gasteiger partial charge >= 0.3 is 5.97 Å². The molecule has 2 bridgehead atoms. The number of carboxylic acids is 1. The van der Waals surface area contributed by atoms with Gasteiger partial charge in [0.15, 0.2) is 11.5 Å². The Labute approximate surface area is 156 Å². The summed E-state index contributed by atoms with van der Waals surface area (Å²) >= 11 is 0. The number of fused-ring (bicyclic) bond motifs is 1. The van der Waals surface area contributed by atoms with E-state index in [1.54, 1.807) is 23.1 Å². The first-order valence-corrected chi connectivity index (χ1v) is 8.61. The molecule has 8 nitrogen and oxygen atoms in total. The molecule has 3 aliphatic heterocycles. The number of carboxylic acid groups (broad SMARTS) is 1. The molecule has 1 amide bonds. The molecule has 1 N–H and O–H groups in total. The summed E-state index contributed by atoms with van der Waals surface area (Å²) in [5.74, 6) is -1.26. The zero-order valence-corrected chi connectivity index (χ0v) is 15.3. The molecule has 1 aromatic rings. The first-order valence-electron chi connectivity index (χ1n) is 8.61. The van der Waals surface area contributed by atoms with Gasteiger partial charge in [0.05, 0.1) is 39.9 Å². The van der Waals surface area contributed by atoms with Crippen LogP contribution in [0.5, 0.6) is 17.2 Å². The summed E-state index contributed by atoms with van der Waals surface area (Å²) in [6.07, 6.45) is 3.07. The Kier molecular flexibility index (Phi) is 4.03. The van der Waals surface area contributed by atoms with Gasteiger partial charge in [-0.3, -0.25) is 9.59 Å². The van der Waals surface area contributed by atoms with Crippen LogP contribution in [0.15, 0.2) is 24.3 Å². The Balaban J connectivity index is 1.63. The van der Waals surface area contributed by atoms with E-state index in [0.717, 1.165) is 5.56 Å². The number of hydrogen-bond donors (Lipinski definition) is 1. The van der Waals surface area contributed by atoms with Gasteiger partial charge in [0.1, 0.15) is 11.5 Å². The van der Waals surface area contributed by atoms with E-state index in [4.69, 9.17) is 18.9 Å². The first kappa shape index (κ1) is 17.7. The molecule has 3 heterocycles. The van der Waals surface area contributed by atoms with Crippen LogP contribution >= 0.6 is 0 Å². The van der Waals surface area contributed by atoms with Crippen LogP contribution in [0.2, 0.25) is 0 Å². The number of methoxy groups -OCH3 is 3. The van der Waals surface area contributed by atoms with Gasteiger partial charge in [-0.1, -0.05) is 12.2 Å². The molecule has 4 atom stereocenters. The summed E-state index contributed by atoms with van der Waals surface area (Å²) in [5.41, 5.74) is -0.0505. The number of benzene rings is 1. The fraction of sp³-hybridized carbons (Fsp3) is 0.474. The van der Waals surface area contributed by atoms with Crippen molar-refractivity contribution in [1.82, 2.24) is 4.90 Å². The second-order valence-electron chi connectivity index (χ2n) is 6.97. The van der Waals surface area contributed by atoms with Crippen molar-refractivity contribution in [3.63, 3.8) is 0 Å². The van der Waals surface area contributed by atoms with Crippen LogP contribution in [0.3, 0.4) is 0 Å². The lowest BCUT2D eigenvalue weighted by molar-refractivity contribution is -0.148.